The molecule has 24 heavy (non-hydrogen) atoms. The first-order chi connectivity index (χ1) is 11.7. The van der Waals surface area contributed by atoms with Crippen molar-refractivity contribution in [3.05, 3.63) is 64.7 Å². The predicted octanol–water partition coefficient (Wildman–Crippen LogP) is 4.22. The molecule has 0 bridgehead atoms. The van der Waals surface area contributed by atoms with Crippen LogP contribution in [0.5, 0.6) is 5.75 Å². The summed E-state index contributed by atoms with van der Waals surface area (Å²) < 4.78 is 12.2. The van der Waals surface area contributed by atoms with E-state index in [-0.39, 0.29) is 6.10 Å². The van der Waals surface area contributed by atoms with Crippen LogP contribution >= 0.6 is 11.6 Å². The van der Waals surface area contributed by atoms with Crippen molar-refractivity contribution in [3.63, 3.8) is 0 Å². The maximum atomic E-state index is 6.30. The van der Waals surface area contributed by atoms with Gasteiger partial charge in [0, 0.05) is 17.5 Å². The van der Waals surface area contributed by atoms with Crippen molar-refractivity contribution in [2.75, 3.05) is 19.7 Å². The number of hydrogen-bond donors (Lipinski definition) is 1. The van der Waals surface area contributed by atoms with Crippen LogP contribution in [0.1, 0.15) is 17.5 Å². The largest absolute Gasteiger partial charge is 0.487 e. The summed E-state index contributed by atoms with van der Waals surface area (Å²) in [5.74, 6) is 1.36. The zero-order chi connectivity index (χ0) is 16.8. The molecule has 128 valence electrons. The first-order valence-electron chi connectivity index (χ1n) is 8.47. The maximum absolute atomic E-state index is 6.30. The molecule has 1 saturated heterocycles. The second-order valence-corrected chi connectivity index (χ2v) is 6.76. The van der Waals surface area contributed by atoms with Crippen LogP contribution in [0.4, 0.5) is 0 Å². The van der Waals surface area contributed by atoms with Crippen molar-refractivity contribution in [3.8, 4) is 5.75 Å². The van der Waals surface area contributed by atoms with Crippen LogP contribution in [0.25, 0.3) is 0 Å². The molecular formula is C20H24ClNO2. The lowest BCUT2D eigenvalue weighted by Gasteiger charge is -2.25. The van der Waals surface area contributed by atoms with Gasteiger partial charge < -0.3 is 14.8 Å². The van der Waals surface area contributed by atoms with Crippen LogP contribution in [-0.4, -0.2) is 25.8 Å². The summed E-state index contributed by atoms with van der Waals surface area (Å²) in [6, 6.07) is 16.0. The van der Waals surface area contributed by atoms with Crippen LogP contribution in [0.3, 0.4) is 0 Å². The minimum atomic E-state index is 0.0450. The number of aryl methyl sites for hydroxylation is 1. The molecule has 0 radical (unpaired) electrons. The van der Waals surface area contributed by atoms with E-state index < -0.39 is 0 Å². The van der Waals surface area contributed by atoms with Crippen molar-refractivity contribution < 1.29 is 9.47 Å². The SMILES string of the molecule is Cc1cc(Cl)ccc1O[C@@H](COCc1ccccc1)C1CCNC1. The second kappa shape index (κ2) is 8.52. The smallest absolute Gasteiger partial charge is 0.126 e. The Kier molecular flexibility index (Phi) is 6.13. The molecule has 1 unspecified atom stereocenters. The van der Waals surface area contributed by atoms with Gasteiger partial charge in [-0.2, -0.15) is 0 Å². The minimum Gasteiger partial charge on any atom is -0.487 e. The minimum absolute atomic E-state index is 0.0450. The molecule has 1 aliphatic heterocycles. The fourth-order valence-corrected chi connectivity index (χ4v) is 3.26. The van der Waals surface area contributed by atoms with Gasteiger partial charge in [0.05, 0.1) is 13.2 Å². The van der Waals surface area contributed by atoms with Gasteiger partial charge in [0.2, 0.25) is 0 Å². The third-order valence-electron chi connectivity index (χ3n) is 4.43. The summed E-state index contributed by atoms with van der Waals surface area (Å²) in [6.07, 6.45) is 1.16. The Bertz CT molecular complexity index is 641. The van der Waals surface area contributed by atoms with Gasteiger partial charge in [-0.3, -0.25) is 0 Å². The third kappa shape index (κ3) is 4.73. The lowest BCUT2D eigenvalue weighted by molar-refractivity contribution is 0.0162. The molecule has 2 atom stereocenters. The van der Waals surface area contributed by atoms with Gasteiger partial charge in [-0.15, -0.1) is 0 Å². The molecule has 1 fully saturated rings. The Morgan fingerprint density at radius 2 is 2.04 bits per heavy atom. The fraction of sp³-hybridized carbons (Fsp3) is 0.400. The van der Waals surface area contributed by atoms with Gasteiger partial charge in [-0.25, -0.2) is 0 Å². The second-order valence-electron chi connectivity index (χ2n) is 6.32. The molecule has 0 saturated carbocycles. The zero-order valence-electron chi connectivity index (χ0n) is 14.0. The highest BCUT2D eigenvalue weighted by Crippen LogP contribution is 2.26. The average Bonchev–Trinajstić information content (AvgIpc) is 3.11. The summed E-state index contributed by atoms with van der Waals surface area (Å²) >= 11 is 6.04. The van der Waals surface area contributed by atoms with Gasteiger partial charge in [0.15, 0.2) is 0 Å². The van der Waals surface area contributed by atoms with Crippen LogP contribution in [0.2, 0.25) is 5.02 Å². The van der Waals surface area contributed by atoms with Gasteiger partial charge in [0.25, 0.3) is 0 Å². The van der Waals surface area contributed by atoms with Gasteiger partial charge in [-0.1, -0.05) is 41.9 Å². The highest BCUT2D eigenvalue weighted by molar-refractivity contribution is 6.30. The molecule has 2 aromatic rings. The topological polar surface area (TPSA) is 30.5 Å². The monoisotopic (exact) mass is 345 g/mol. The molecule has 4 heteroatoms. The summed E-state index contributed by atoms with van der Waals surface area (Å²) in [5, 5.41) is 4.15. The Morgan fingerprint density at radius 1 is 1.21 bits per heavy atom. The van der Waals surface area contributed by atoms with E-state index >= 15 is 0 Å². The standard InChI is InChI=1S/C20H24ClNO2/c1-15-11-18(21)7-8-19(15)24-20(17-9-10-22-12-17)14-23-13-16-5-3-2-4-6-16/h2-8,11,17,20,22H,9-10,12-14H2,1H3/t17?,20-/m0/s1. The van der Waals surface area contributed by atoms with E-state index in [2.05, 4.69) is 17.4 Å². The van der Waals surface area contributed by atoms with E-state index in [1.54, 1.807) is 0 Å². The van der Waals surface area contributed by atoms with Gasteiger partial charge in [0.1, 0.15) is 11.9 Å². The molecule has 0 spiro atoms. The van der Waals surface area contributed by atoms with E-state index in [0.29, 0.717) is 19.1 Å². The van der Waals surface area contributed by atoms with Crippen LogP contribution in [-0.2, 0) is 11.3 Å². The summed E-state index contributed by atoms with van der Waals surface area (Å²) in [5.41, 5.74) is 2.24. The van der Waals surface area contributed by atoms with Crippen LogP contribution in [0.15, 0.2) is 48.5 Å². The summed E-state index contributed by atoms with van der Waals surface area (Å²) in [6.45, 7) is 5.24. The van der Waals surface area contributed by atoms with E-state index in [1.807, 2.05) is 43.3 Å². The number of ether oxygens (including phenoxy) is 2. The molecule has 0 aliphatic carbocycles. The molecule has 1 aliphatic rings. The fourth-order valence-electron chi connectivity index (χ4n) is 3.04. The number of nitrogens with one attached hydrogen (secondary N) is 1. The Labute approximate surface area is 148 Å². The Hall–Kier alpha value is -1.55. The van der Waals surface area contributed by atoms with E-state index in [0.717, 1.165) is 35.8 Å². The molecule has 2 aromatic carbocycles. The molecule has 3 nitrogen and oxygen atoms in total. The van der Waals surface area contributed by atoms with Gasteiger partial charge in [-0.05, 0) is 49.2 Å². The molecule has 0 amide bonds. The summed E-state index contributed by atoms with van der Waals surface area (Å²) in [7, 11) is 0. The average molecular weight is 346 g/mol. The van der Waals surface area contributed by atoms with Crippen LogP contribution in [0, 0.1) is 12.8 Å². The first-order valence-corrected chi connectivity index (χ1v) is 8.85. The first kappa shape index (κ1) is 17.3. The Balaban J connectivity index is 1.62. The normalized spacial score (nSPS) is 18.5. The van der Waals surface area contributed by atoms with E-state index in [4.69, 9.17) is 21.1 Å². The predicted molar refractivity (Wildman–Crippen MR) is 97.7 cm³/mol. The molecule has 1 heterocycles. The van der Waals surface area contributed by atoms with Crippen molar-refractivity contribution in [1.82, 2.24) is 5.32 Å². The Morgan fingerprint density at radius 3 is 2.75 bits per heavy atom. The zero-order valence-corrected chi connectivity index (χ0v) is 14.8. The number of halogens is 1. The highest BCUT2D eigenvalue weighted by atomic mass is 35.5. The third-order valence-corrected chi connectivity index (χ3v) is 4.67. The quantitative estimate of drug-likeness (QED) is 0.815. The van der Waals surface area contributed by atoms with Gasteiger partial charge >= 0.3 is 0 Å². The van der Waals surface area contributed by atoms with Crippen LogP contribution < -0.4 is 10.1 Å². The highest BCUT2D eigenvalue weighted by Gasteiger charge is 2.27. The van der Waals surface area contributed by atoms with Crippen molar-refractivity contribution in [1.29, 1.82) is 0 Å². The number of benzene rings is 2. The van der Waals surface area contributed by atoms with E-state index in [1.165, 1.54) is 5.56 Å². The van der Waals surface area contributed by atoms with Crippen molar-refractivity contribution >= 4 is 11.6 Å². The molecular weight excluding hydrogens is 322 g/mol. The number of hydrogen-bond acceptors (Lipinski definition) is 3. The van der Waals surface area contributed by atoms with Crippen molar-refractivity contribution in [2.24, 2.45) is 5.92 Å². The maximum Gasteiger partial charge on any atom is 0.126 e. The molecule has 3 rings (SSSR count). The lowest BCUT2D eigenvalue weighted by atomic mass is 10.0. The lowest BCUT2D eigenvalue weighted by Crippen LogP contribution is -2.33. The number of rotatable bonds is 7. The molecule has 1 N–H and O–H groups in total. The van der Waals surface area contributed by atoms with Crippen molar-refractivity contribution in [2.45, 2.75) is 26.1 Å². The van der Waals surface area contributed by atoms with E-state index in [9.17, 15) is 0 Å². The molecule has 0 aromatic heterocycles. The summed E-state index contributed by atoms with van der Waals surface area (Å²) in [4.78, 5) is 0.